The Morgan fingerprint density at radius 1 is 1.44 bits per heavy atom. The lowest BCUT2D eigenvalue weighted by Crippen LogP contribution is -1.90. The molecule has 0 unspecified atom stereocenters. The van der Waals surface area contributed by atoms with Gasteiger partial charge in [0.2, 0.25) is 0 Å². The SMILES string of the molecule is CC1=CCC(C)=C(F)C1. The van der Waals surface area contributed by atoms with E-state index in [0.717, 1.165) is 17.6 Å². The van der Waals surface area contributed by atoms with Crippen molar-refractivity contribution in [1.82, 2.24) is 0 Å². The summed E-state index contributed by atoms with van der Waals surface area (Å²) in [5.74, 6) is 0.0648. The summed E-state index contributed by atoms with van der Waals surface area (Å²) >= 11 is 0. The van der Waals surface area contributed by atoms with E-state index in [-0.39, 0.29) is 5.83 Å². The molecular formula is C8H11F. The highest BCUT2D eigenvalue weighted by atomic mass is 19.1. The van der Waals surface area contributed by atoms with Crippen molar-refractivity contribution >= 4 is 0 Å². The molecule has 0 bridgehead atoms. The van der Waals surface area contributed by atoms with Gasteiger partial charge >= 0.3 is 0 Å². The molecule has 0 saturated carbocycles. The third-order valence-corrected chi connectivity index (χ3v) is 1.65. The number of halogens is 1. The van der Waals surface area contributed by atoms with Gasteiger partial charge in [-0.2, -0.15) is 0 Å². The molecule has 9 heavy (non-hydrogen) atoms. The van der Waals surface area contributed by atoms with Crippen molar-refractivity contribution in [3.63, 3.8) is 0 Å². The maximum absolute atomic E-state index is 12.7. The minimum Gasteiger partial charge on any atom is -0.212 e. The molecule has 0 aromatic carbocycles. The van der Waals surface area contributed by atoms with Gasteiger partial charge in [-0.25, -0.2) is 4.39 Å². The summed E-state index contributed by atoms with van der Waals surface area (Å²) in [6, 6.07) is 0. The second kappa shape index (κ2) is 2.34. The summed E-state index contributed by atoms with van der Waals surface area (Å²) < 4.78 is 12.7. The highest BCUT2D eigenvalue weighted by Crippen LogP contribution is 2.24. The molecule has 0 spiro atoms. The molecule has 1 heteroatoms. The number of allylic oxidation sites excluding steroid dienone is 4. The standard InChI is InChI=1S/C8H11F/c1-6-3-4-7(2)8(9)5-6/h3H,4-5H2,1-2H3. The minimum atomic E-state index is 0.0648. The number of rotatable bonds is 0. The molecular weight excluding hydrogens is 115 g/mol. The molecule has 0 N–H and O–H groups in total. The van der Waals surface area contributed by atoms with Crippen molar-refractivity contribution in [1.29, 1.82) is 0 Å². The quantitative estimate of drug-likeness (QED) is 0.438. The zero-order chi connectivity index (χ0) is 6.85. The molecule has 50 valence electrons. The fourth-order valence-corrected chi connectivity index (χ4v) is 0.906. The van der Waals surface area contributed by atoms with Gasteiger partial charge in [-0.1, -0.05) is 11.6 Å². The maximum atomic E-state index is 12.7. The summed E-state index contributed by atoms with van der Waals surface area (Å²) in [5.41, 5.74) is 2.04. The van der Waals surface area contributed by atoms with Crippen LogP contribution < -0.4 is 0 Å². The normalized spacial score (nSPS) is 20.1. The monoisotopic (exact) mass is 126 g/mol. The predicted molar refractivity (Wildman–Crippen MR) is 36.8 cm³/mol. The smallest absolute Gasteiger partial charge is 0.103 e. The van der Waals surface area contributed by atoms with Crippen LogP contribution in [-0.4, -0.2) is 0 Å². The van der Waals surface area contributed by atoms with Crippen LogP contribution >= 0.6 is 0 Å². The average molecular weight is 126 g/mol. The van der Waals surface area contributed by atoms with E-state index in [1.54, 1.807) is 0 Å². The van der Waals surface area contributed by atoms with Crippen molar-refractivity contribution < 1.29 is 4.39 Å². The van der Waals surface area contributed by atoms with Gasteiger partial charge in [0.1, 0.15) is 5.83 Å². The first kappa shape index (κ1) is 6.53. The molecule has 0 saturated heterocycles. The Kier molecular flexibility index (Phi) is 1.70. The lowest BCUT2D eigenvalue weighted by molar-refractivity contribution is 0.587. The largest absolute Gasteiger partial charge is 0.212 e. The molecule has 1 rings (SSSR count). The molecule has 0 aliphatic heterocycles. The van der Waals surface area contributed by atoms with Crippen molar-refractivity contribution in [2.75, 3.05) is 0 Å². The van der Waals surface area contributed by atoms with Gasteiger partial charge in [0.05, 0.1) is 0 Å². The highest BCUT2D eigenvalue weighted by molar-refractivity contribution is 5.22. The summed E-state index contributed by atoms with van der Waals surface area (Å²) in [5, 5.41) is 0. The lowest BCUT2D eigenvalue weighted by atomic mass is 10.0. The average Bonchev–Trinajstić information content (AvgIpc) is 1.80. The van der Waals surface area contributed by atoms with E-state index in [1.807, 2.05) is 13.8 Å². The van der Waals surface area contributed by atoms with Crippen molar-refractivity contribution in [2.45, 2.75) is 26.7 Å². The van der Waals surface area contributed by atoms with Crippen LogP contribution in [0.25, 0.3) is 0 Å². The van der Waals surface area contributed by atoms with E-state index >= 15 is 0 Å². The molecule has 0 atom stereocenters. The molecule has 1 aliphatic rings. The van der Waals surface area contributed by atoms with Gasteiger partial charge in [0, 0.05) is 6.42 Å². The molecule has 0 aromatic rings. The van der Waals surface area contributed by atoms with Crippen LogP contribution in [0.3, 0.4) is 0 Å². The molecule has 0 nitrogen and oxygen atoms in total. The van der Waals surface area contributed by atoms with Gasteiger partial charge in [0.15, 0.2) is 0 Å². The van der Waals surface area contributed by atoms with Gasteiger partial charge in [-0.15, -0.1) is 0 Å². The lowest BCUT2D eigenvalue weighted by Gasteiger charge is -2.08. The Bertz CT molecular complexity index is 175. The van der Waals surface area contributed by atoms with Crippen LogP contribution in [-0.2, 0) is 0 Å². The highest BCUT2D eigenvalue weighted by Gasteiger charge is 2.06. The molecule has 1 aliphatic carbocycles. The van der Waals surface area contributed by atoms with Crippen LogP contribution in [0.2, 0.25) is 0 Å². The summed E-state index contributed by atoms with van der Waals surface area (Å²) in [7, 11) is 0. The first-order valence-electron chi connectivity index (χ1n) is 3.20. The molecule has 0 fully saturated rings. The Morgan fingerprint density at radius 2 is 2.11 bits per heavy atom. The topological polar surface area (TPSA) is 0 Å². The Hall–Kier alpha value is -0.590. The number of hydrogen-bond acceptors (Lipinski definition) is 0. The Balaban J connectivity index is 2.70. The minimum absolute atomic E-state index is 0.0648. The van der Waals surface area contributed by atoms with Gasteiger partial charge < -0.3 is 0 Å². The Labute approximate surface area is 55.1 Å². The van der Waals surface area contributed by atoms with Crippen LogP contribution in [0.1, 0.15) is 26.7 Å². The first-order chi connectivity index (χ1) is 4.20. The summed E-state index contributed by atoms with van der Waals surface area (Å²) in [6.45, 7) is 3.81. The molecule has 0 amide bonds. The van der Waals surface area contributed by atoms with Gasteiger partial charge in [0.25, 0.3) is 0 Å². The maximum Gasteiger partial charge on any atom is 0.103 e. The molecule has 0 heterocycles. The zero-order valence-electron chi connectivity index (χ0n) is 5.87. The van der Waals surface area contributed by atoms with E-state index < -0.39 is 0 Å². The van der Waals surface area contributed by atoms with E-state index in [2.05, 4.69) is 6.08 Å². The third kappa shape index (κ3) is 1.41. The van der Waals surface area contributed by atoms with Crippen LogP contribution in [0.4, 0.5) is 4.39 Å². The second-order valence-electron chi connectivity index (χ2n) is 2.62. The number of hydrogen-bond donors (Lipinski definition) is 0. The van der Waals surface area contributed by atoms with E-state index in [4.69, 9.17) is 0 Å². The third-order valence-electron chi connectivity index (χ3n) is 1.65. The van der Waals surface area contributed by atoms with Crippen LogP contribution in [0, 0.1) is 0 Å². The molecule has 0 radical (unpaired) electrons. The fraction of sp³-hybridized carbons (Fsp3) is 0.500. The fourth-order valence-electron chi connectivity index (χ4n) is 0.906. The van der Waals surface area contributed by atoms with Crippen molar-refractivity contribution in [3.05, 3.63) is 23.0 Å². The summed E-state index contributed by atoms with van der Waals surface area (Å²) in [4.78, 5) is 0. The van der Waals surface area contributed by atoms with Crippen LogP contribution in [0.15, 0.2) is 23.0 Å². The van der Waals surface area contributed by atoms with E-state index in [1.165, 1.54) is 0 Å². The van der Waals surface area contributed by atoms with Crippen molar-refractivity contribution in [3.8, 4) is 0 Å². The van der Waals surface area contributed by atoms with Crippen LogP contribution in [0.5, 0.6) is 0 Å². The van der Waals surface area contributed by atoms with E-state index in [0.29, 0.717) is 6.42 Å². The van der Waals surface area contributed by atoms with E-state index in [9.17, 15) is 4.39 Å². The van der Waals surface area contributed by atoms with Crippen molar-refractivity contribution in [2.24, 2.45) is 0 Å². The molecule has 0 aromatic heterocycles. The first-order valence-corrected chi connectivity index (χ1v) is 3.20. The van der Waals surface area contributed by atoms with Gasteiger partial charge in [-0.3, -0.25) is 0 Å². The Morgan fingerprint density at radius 3 is 2.56 bits per heavy atom. The zero-order valence-corrected chi connectivity index (χ0v) is 5.87. The predicted octanol–water partition coefficient (Wildman–Crippen LogP) is 2.97. The summed E-state index contributed by atoms with van der Waals surface area (Å²) in [6.07, 6.45) is 3.42. The second-order valence-corrected chi connectivity index (χ2v) is 2.62. The van der Waals surface area contributed by atoms with Gasteiger partial charge in [-0.05, 0) is 25.8 Å².